The summed E-state index contributed by atoms with van der Waals surface area (Å²) in [7, 11) is 0. The second-order valence-corrected chi connectivity index (χ2v) is 6.61. The van der Waals surface area contributed by atoms with Gasteiger partial charge in [0.1, 0.15) is 0 Å². The fourth-order valence-electron chi connectivity index (χ4n) is 3.29. The van der Waals surface area contributed by atoms with Gasteiger partial charge in [0, 0.05) is 12.6 Å². The first-order chi connectivity index (χ1) is 9.54. The van der Waals surface area contributed by atoms with Gasteiger partial charge in [-0.2, -0.15) is 0 Å². The Labute approximate surface area is 122 Å². The molecular weight excluding hydrogens is 254 g/mol. The van der Waals surface area contributed by atoms with Gasteiger partial charge in [-0.1, -0.05) is 6.42 Å². The molecule has 2 rings (SSSR count). The van der Waals surface area contributed by atoms with Gasteiger partial charge in [0.05, 0.1) is 18.1 Å². The van der Waals surface area contributed by atoms with E-state index in [9.17, 15) is 9.90 Å². The van der Waals surface area contributed by atoms with Crippen molar-refractivity contribution in [3.63, 3.8) is 0 Å². The van der Waals surface area contributed by atoms with E-state index in [0.717, 1.165) is 18.8 Å². The summed E-state index contributed by atoms with van der Waals surface area (Å²) in [5, 5.41) is 14.1. The number of nitrogens with one attached hydrogen (secondary N) is 1. The van der Waals surface area contributed by atoms with Crippen LogP contribution < -0.4 is 5.32 Å². The lowest BCUT2D eigenvalue weighted by atomic mass is 9.77. The predicted octanol–water partition coefficient (Wildman–Crippen LogP) is 2.25. The molecule has 0 aromatic heterocycles. The normalized spacial score (nSPS) is 32.5. The zero-order valence-corrected chi connectivity index (χ0v) is 12.9. The monoisotopic (exact) mass is 283 g/mol. The Bertz CT molecular complexity index is 320. The van der Waals surface area contributed by atoms with Gasteiger partial charge in [-0.15, -0.1) is 0 Å². The van der Waals surface area contributed by atoms with E-state index in [2.05, 4.69) is 12.2 Å². The van der Waals surface area contributed by atoms with Crippen LogP contribution in [0.3, 0.4) is 0 Å². The summed E-state index contributed by atoms with van der Waals surface area (Å²) in [6.45, 7) is 5.15. The maximum atomic E-state index is 11.7. The topological polar surface area (TPSA) is 58.6 Å². The van der Waals surface area contributed by atoms with Crippen molar-refractivity contribution in [2.24, 2.45) is 11.8 Å². The second-order valence-electron chi connectivity index (χ2n) is 6.61. The van der Waals surface area contributed by atoms with E-state index in [1.54, 1.807) is 0 Å². The van der Waals surface area contributed by atoms with Crippen molar-refractivity contribution in [2.45, 2.75) is 70.4 Å². The number of carbonyl (C=O) groups is 1. The number of hydrogen-bond acceptors (Lipinski definition) is 4. The number of esters is 1. The highest BCUT2D eigenvalue weighted by atomic mass is 16.5. The van der Waals surface area contributed by atoms with Crippen molar-refractivity contribution in [2.75, 3.05) is 13.2 Å². The van der Waals surface area contributed by atoms with Crippen LogP contribution >= 0.6 is 0 Å². The third-order valence-corrected chi connectivity index (χ3v) is 5.15. The van der Waals surface area contributed by atoms with E-state index in [1.165, 1.54) is 19.3 Å². The largest absolute Gasteiger partial charge is 0.466 e. The average Bonchev–Trinajstić information content (AvgIpc) is 2.36. The van der Waals surface area contributed by atoms with Crippen molar-refractivity contribution in [1.82, 2.24) is 5.32 Å². The number of hydrogen-bond donors (Lipinski definition) is 2. The molecule has 0 amide bonds. The lowest BCUT2D eigenvalue weighted by Gasteiger charge is -2.38. The summed E-state index contributed by atoms with van der Waals surface area (Å²) < 4.78 is 5.07. The van der Waals surface area contributed by atoms with Crippen LogP contribution in [-0.4, -0.2) is 35.9 Å². The molecule has 1 atom stereocenters. The molecule has 0 bridgehead atoms. The highest BCUT2D eigenvalue weighted by Crippen LogP contribution is 2.33. The van der Waals surface area contributed by atoms with Crippen LogP contribution in [0.1, 0.15) is 58.8 Å². The van der Waals surface area contributed by atoms with Gasteiger partial charge in [0.15, 0.2) is 0 Å². The lowest BCUT2D eigenvalue weighted by Crippen LogP contribution is -2.49. The van der Waals surface area contributed by atoms with Crippen molar-refractivity contribution in [1.29, 1.82) is 0 Å². The van der Waals surface area contributed by atoms with Crippen LogP contribution in [0.15, 0.2) is 0 Å². The predicted molar refractivity (Wildman–Crippen MR) is 78.3 cm³/mol. The van der Waals surface area contributed by atoms with Crippen molar-refractivity contribution in [3.8, 4) is 0 Å². The number of carbonyl (C=O) groups excluding carboxylic acids is 1. The van der Waals surface area contributed by atoms with Crippen molar-refractivity contribution >= 4 is 5.97 Å². The molecule has 20 heavy (non-hydrogen) atoms. The zero-order valence-electron chi connectivity index (χ0n) is 12.9. The van der Waals surface area contributed by atoms with Crippen LogP contribution in [0.4, 0.5) is 0 Å². The molecule has 0 aromatic carbocycles. The van der Waals surface area contributed by atoms with Crippen molar-refractivity contribution in [3.05, 3.63) is 0 Å². The van der Waals surface area contributed by atoms with Crippen LogP contribution in [0.2, 0.25) is 0 Å². The van der Waals surface area contributed by atoms with Crippen LogP contribution in [0, 0.1) is 11.8 Å². The molecule has 116 valence electrons. The smallest absolute Gasteiger partial charge is 0.308 e. The quantitative estimate of drug-likeness (QED) is 0.734. The fraction of sp³-hybridized carbons (Fsp3) is 0.938. The van der Waals surface area contributed by atoms with E-state index < -0.39 is 5.60 Å². The second kappa shape index (κ2) is 6.90. The summed E-state index contributed by atoms with van der Waals surface area (Å²) in [4.78, 5) is 11.7. The molecule has 2 aliphatic carbocycles. The van der Waals surface area contributed by atoms with Gasteiger partial charge in [-0.05, 0) is 58.3 Å². The molecule has 0 heterocycles. The zero-order chi connectivity index (χ0) is 14.6. The molecule has 0 radical (unpaired) electrons. The molecule has 0 aliphatic heterocycles. The molecule has 4 nitrogen and oxygen atoms in total. The van der Waals surface area contributed by atoms with Crippen LogP contribution in [-0.2, 0) is 9.53 Å². The molecule has 2 fully saturated rings. The summed E-state index contributed by atoms with van der Waals surface area (Å²) in [6, 6.07) is 0.496. The Morgan fingerprint density at radius 3 is 2.50 bits per heavy atom. The molecule has 4 heteroatoms. The van der Waals surface area contributed by atoms with Gasteiger partial charge in [-0.25, -0.2) is 0 Å². The molecule has 2 aliphatic rings. The van der Waals surface area contributed by atoms with Gasteiger partial charge in [0.2, 0.25) is 0 Å². The average molecular weight is 283 g/mol. The molecule has 2 N–H and O–H groups in total. The van der Waals surface area contributed by atoms with Gasteiger partial charge in [-0.3, -0.25) is 4.79 Å². The summed E-state index contributed by atoms with van der Waals surface area (Å²) in [5.41, 5.74) is -0.638. The number of ether oxygens (including phenoxy) is 1. The van der Waals surface area contributed by atoms with E-state index >= 15 is 0 Å². The fourth-order valence-corrected chi connectivity index (χ4v) is 3.29. The van der Waals surface area contributed by atoms with Gasteiger partial charge in [0.25, 0.3) is 0 Å². The molecule has 0 aromatic rings. The van der Waals surface area contributed by atoms with E-state index in [1.807, 2.05) is 6.92 Å². The van der Waals surface area contributed by atoms with Crippen LogP contribution in [0.25, 0.3) is 0 Å². The lowest BCUT2D eigenvalue weighted by molar-refractivity contribution is -0.151. The third kappa shape index (κ3) is 3.95. The SMILES string of the molecule is CCOC(=O)C1CCC(O)(CNC(C)C2CCC2)CC1. The minimum atomic E-state index is -0.638. The summed E-state index contributed by atoms with van der Waals surface area (Å²) in [5.74, 6) is 0.680. The number of rotatable bonds is 6. The summed E-state index contributed by atoms with van der Waals surface area (Å²) >= 11 is 0. The first-order valence-electron chi connectivity index (χ1n) is 8.16. The highest BCUT2D eigenvalue weighted by Gasteiger charge is 2.37. The molecule has 2 saturated carbocycles. The maximum absolute atomic E-state index is 11.7. The van der Waals surface area contributed by atoms with Crippen molar-refractivity contribution < 1.29 is 14.6 Å². The number of aliphatic hydroxyl groups is 1. The summed E-state index contributed by atoms with van der Waals surface area (Å²) in [6.07, 6.45) is 6.86. The molecular formula is C16H29NO3. The van der Waals surface area contributed by atoms with E-state index in [0.29, 0.717) is 32.0 Å². The van der Waals surface area contributed by atoms with Gasteiger partial charge >= 0.3 is 5.97 Å². The Morgan fingerprint density at radius 2 is 2.00 bits per heavy atom. The maximum Gasteiger partial charge on any atom is 0.308 e. The van der Waals surface area contributed by atoms with Gasteiger partial charge < -0.3 is 15.2 Å². The third-order valence-electron chi connectivity index (χ3n) is 5.15. The Kier molecular flexibility index (Phi) is 5.44. The first-order valence-corrected chi connectivity index (χ1v) is 8.16. The first kappa shape index (κ1) is 15.8. The Morgan fingerprint density at radius 1 is 1.35 bits per heavy atom. The van der Waals surface area contributed by atoms with E-state index in [4.69, 9.17) is 4.74 Å². The Hall–Kier alpha value is -0.610. The van der Waals surface area contributed by atoms with E-state index in [-0.39, 0.29) is 11.9 Å². The molecule has 1 unspecified atom stereocenters. The Balaban J connectivity index is 1.71. The minimum Gasteiger partial charge on any atom is -0.466 e. The minimum absolute atomic E-state index is 0.0146. The molecule has 0 saturated heterocycles. The highest BCUT2D eigenvalue weighted by molar-refractivity contribution is 5.72. The standard InChI is InChI=1S/C16H29NO3/c1-3-20-15(18)14-7-9-16(19,10-8-14)11-17-12(2)13-5-4-6-13/h12-14,17,19H,3-11H2,1-2H3. The molecule has 0 spiro atoms. The van der Waals surface area contributed by atoms with Crippen LogP contribution in [0.5, 0.6) is 0 Å².